The number of likely N-dealkylation sites (tertiary alicyclic amines) is 1. The van der Waals surface area contributed by atoms with Crippen LogP contribution in [-0.4, -0.2) is 70.8 Å². The number of hydrogen-bond acceptors (Lipinski definition) is 7. The molecule has 13 heteroatoms. The Hall–Kier alpha value is -3.06. The Morgan fingerprint density at radius 1 is 1.21 bits per heavy atom. The van der Waals surface area contributed by atoms with Crippen molar-refractivity contribution in [1.29, 1.82) is 0 Å². The molecule has 0 saturated carbocycles. The minimum absolute atomic E-state index is 0.0583. The van der Waals surface area contributed by atoms with Gasteiger partial charge < -0.3 is 29.2 Å². The van der Waals surface area contributed by atoms with Crippen LogP contribution in [0.25, 0.3) is 10.9 Å². The van der Waals surface area contributed by atoms with E-state index in [0.29, 0.717) is 5.46 Å². The number of nitrogens with zero attached hydrogens (tertiary/aromatic N) is 2. The second-order valence-electron chi connectivity index (χ2n) is 11.2. The van der Waals surface area contributed by atoms with Gasteiger partial charge in [0.15, 0.2) is 0 Å². The molecule has 2 aliphatic heterocycles. The van der Waals surface area contributed by atoms with Crippen molar-refractivity contribution in [3.63, 3.8) is 0 Å². The summed E-state index contributed by atoms with van der Waals surface area (Å²) in [6, 6.07) is 2.62. The topological polar surface area (TPSA) is 123 Å². The first-order chi connectivity index (χ1) is 17.5. The summed E-state index contributed by atoms with van der Waals surface area (Å²) in [6.45, 7) is 10.2. The van der Waals surface area contributed by atoms with E-state index in [1.165, 1.54) is 0 Å². The van der Waals surface area contributed by atoms with Gasteiger partial charge in [0, 0.05) is 6.42 Å². The van der Waals surface area contributed by atoms with Crippen molar-refractivity contribution in [3.05, 3.63) is 34.4 Å². The summed E-state index contributed by atoms with van der Waals surface area (Å²) in [5.74, 6) is -4.39. The summed E-state index contributed by atoms with van der Waals surface area (Å²) in [5, 5.41) is 2.65. The molecule has 0 unspecified atom stereocenters. The van der Waals surface area contributed by atoms with Crippen LogP contribution in [0, 0.1) is 5.92 Å². The van der Waals surface area contributed by atoms with Crippen molar-refractivity contribution in [1.82, 2.24) is 20.2 Å². The number of halogens is 2. The number of aromatic nitrogens is 2. The minimum Gasteiger partial charge on any atom is -0.453 e. The maximum Gasteiger partial charge on any atom is 0.494 e. The first-order valence-corrected chi connectivity index (χ1v) is 12.5. The van der Waals surface area contributed by atoms with Gasteiger partial charge in [-0.2, -0.15) is 0 Å². The number of rotatable bonds is 5. The SMILES string of the molecule is COC(=O)N[C@H](C(=O)N1CC(F)(F)C[C@H]1c1nc2ccc(B3OC(C)(C)C(C)(C)O3)cc2c(=O)[nH]1)C(C)C. The summed E-state index contributed by atoms with van der Waals surface area (Å²) < 4.78 is 45.9. The van der Waals surface area contributed by atoms with Gasteiger partial charge in [-0.25, -0.2) is 18.6 Å². The fourth-order valence-electron chi connectivity index (χ4n) is 4.63. The van der Waals surface area contributed by atoms with Crippen molar-refractivity contribution in [3.8, 4) is 0 Å². The van der Waals surface area contributed by atoms with E-state index in [9.17, 15) is 23.2 Å². The standard InChI is InChI=1S/C25H33BF2N4O6/c1-13(2)18(30-22(35)36-7)21(34)32-12-25(27,28)11-17(32)19-29-16-9-8-14(10-15(16)20(33)31-19)26-37-23(3,4)24(5,6)38-26/h8-10,13,17-18H,11-12H2,1-7H3,(H,30,35)(H,29,31,33)/t17-,18-/m0/s1. The molecule has 0 bridgehead atoms. The average Bonchev–Trinajstić information content (AvgIpc) is 3.27. The first kappa shape index (κ1) is 28.0. The lowest BCUT2D eigenvalue weighted by atomic mass is 9.78. The maximum atomic E-state index is 14.6. The minimum atomic E-state index is -3.21. The van der Waals surface area contributed by atoms with E-state index in [2.05, 4.69) is 20.0 Å². The monoisotopic (exact) mass is 534 g/mol. The van der Waals surface area contributed by atoms with Gasteiger partial charge in [-0.05, 0) is 51.2 Å². The molecule has 3 heterocycles. The van der Waals surface area contributed by atoms with Crippen LogP contribution in [0.3, 0.4) is 0 Å². The highest BCUT2D eigenvalue weighted by Crippen LogP contribution is 2.41. The average molecular weight is 534 g/mol. The molecule has 1 aromatic heterocycles. The number of carbonyl (C=O) groups excluding carboxylic acids is 2. The Bertz CT molecular complexity index is 1300. The van der Waals surface area contributed by atoms with Crippen LogP contribution in [0.1, 0.15) is 59.8 Å². The zero-order valence-corrected chi connectivity index (χ0v) is 22.6. The molecule has 2 amide bonds. The van der Waals surface area contributed by atoms with Gasteiger partial charge in [0.25, 0.3) is 11.5 Å². The zero-order chi connectivity index (χ0) is 28.2. The molecule has 2 aliphatic rings. The van der Waals surface area contributed by atoms with Gasteiger partial charge in [-0.1, -0.05) is 19.9 Å². The summed E-state index contributed by atoms with van der Waals surface area (Å²) in [6.07, 6.45) is -1.57. The Morgan fingerprint density at radius 2 is 1.84 bits per heavy atom. The van der Waals surface area contributed by atoms with E-state index in [4.69, 9.17) is 9.31 Å². The lowest BCUT2D eigenvalue weighted by Gasteiger charge is -2.32. The van der Waals surface area contributed by atoms with Gasteiger partial charge in [0.05, 0.1) is 41.8 Å². The van der Waals surface area contributed by atoms with Crippen LogP contribution in [0.5, 0.6) is 0 Å². The van der Waals surface area contributed by atoms with E-state index in [0.717, 1.165) is 12.0 Å². The van der Waals surface area contributed by atoms with Gasteiger partial charge in [0.2, 0.25) is 5.91 Å². The van der Waals surface area contributed by atoms with Gasteiger partial charge in [0.1, 0.15) is 11.9 Å². The zero-order valence-electron chi connectivity index (χ0n) is 22.6. The van der Waals surface area contributed by atoms with Crippen LogP contribution in [-0.2, 0) is 18.8 Å². The molecule has 1 aromatic carbocycles. The number of alkyl carbamates (subject to hydrolysis) is 1. The van der Waals surface area contributed by atoms with Crippen LogP contribution in [0.4, 0.5) is 13.6 Å². The number of ether oxygens (including phenoxy) is 1. The number of carbonyl (C=O) groups is 2. The van der Waals surface area contributed by atoms with Crippen LogP contribution in [0.15, 0.2) is 23.0 Å². The molecule has 10 nitrogen and oxygen atoms in total. The van der Waals surface area contributed by atoms with E-state index >= 15 is 0 Å². The molecular formula is C25H33BF2N4O6. The van der Waals surface area contributed by atoms with Crippen LogP contribution in [0.2, 0.25) is 0 Å². The van der Waals surface area contributed by atoms with Crippen molar-refractivity contribution in [2.24, 2.45) is 5.92 Å². The highest BCUT2D eigenvalue weighted by molar-refractivity contribution is 6.62. The Balaban J connectivity index is 1.67. The second kappa shape index (κ2) is 9.60. The largest absolute Gasteiger partial charge is 0.494 e. The normalized spacial score (nSPS) is 22.6. The molecule has 2 aromatic rings. The molecule has 0 radical (unpaired) electrons. The summed E-state index contributed by atoms with van der Waals surface area (Å²) in [4.78, 5) is 46.2. The lowest BCUT2D eigenvalue weighted by molar-refractivity contribution is -0.136. The maximum absolute atomic E-state index is 14.6. The first-order valence-electron chi connectivity index (χ1n) is 12.5. The van der Waals surface area contributed by atoms with Crippen LogP contribution < -0.4 is 16.3 Å². The number of alkyl halides is 2. The fourth-order valence-corrected chi connectivity index (χ4v) is 4.63. The molecule has 38 heavy (non-hydrogen) atoms. The molecule has 2 N–H and O–H groups in total. The van der Waals surface area contributed by atoms with E-state index in [1.807, 2.05) is 27.7 Å². The van der Waals surface area contributed by atoms with Crippen molar-refractivity contribution >= 4 is 35.5 Å². The van der Waals surface area contributed by atoms with Gasteiger partial charge in [-0.3, -0.25) is 9.59 Å². The molecule has 2 atom stereocenters. The molecule has 2 saturated heterocycles. The number of benzene rings is 1. The number of methoxy groups -OCH3 is 1. The number of fused-ring (bicyclic) bond motifs is 1. The second-order valence-corrected chi connectivity index (χ2v) is 11.2. The fraction of sp³-hybridized carbons (Fsp3) is 0.600. The Morgan fingerprint density at radius 3 is 2.42 bits per heavy atom. The molecular weight excluding hydrogens is 501 g/mol. The highest BCUT2D eigenvalue weighted by atomic mass is 19.3. The van der Waals surface area contributed by atoms with Gasteiger partial charge >= 0.3 is 13.2 Å². The third kappa shape index (κ3) is 5.13. The number of amides is 2. The highest BCUT2D eigenvalue weighted by Gasteiger charge is 2.52. The third-order valence-electron chi connectivity index (χ3n) is 7.53. The quantitative estimate of drug-likeness (QED) is 0.566. The summed E-state index contributed by atoms with van der Waals surface area (Å²) in [5.41, 5.74) is -0.782. The number of nitrogens with one attached hydrogen (secondary N) is 2. The molecule has 206 valence electrons. The Kier molecular flexibility index (Phi) is 7.07. The molecule has 0 spiro atoms. The van der Waals surface area contributed by atoms with Crippen LogP contribution >= 0.6 is 0 Å². The molecule has 4 rings (SSSR count). The van der Waals surface area contributed by atoms with Gasteiger partial charge in [-0.15, -0.1) is 0 Å². The van der Waals surface area contributed by atoms with Crippen molar-refractivity contribution < 1.29 is 32.4 Å². The van der Waals surface area contributed by atoms with E-state index in [-0.39, 0.29) is 16.7 Å². The lowest BCUT2D eigenvalue weighted by Crippen LogP contribution is -2.51. The van der Waals surface area contributed by atoms with E-state index in [1.54, 1.807) is 32.0 Å². The molecule has 0 aliphatic carbocycles. The van der Waals surface area contributed by atoms with Crippen molar-refractivity contribution in [2.45, 2.75) is 77.2 Å². The number of hydrogen-bond donors (Lipinski definition) is 2. The smallest absolute Gasteiger partial charge is 0.453 e. The molecule has 2 fully saturated rings. The predicted molar refractivity (Wildman–Crippen MR) is 136 cm³/mol. The number of aromatic amines is 1. The summed E-state index contributed by atoms with van der Waals surface area (Å²) in [7, 11) is 0.451. The predicted octanol–water partition coefficient (Wildman–Crippen LogP) is 2.51. The third-order valence-corrected chi connectivity index (χ3v) is 7.53. The van der Waals surface area contributed by atoms with E-state index < -0.39 is 72.8 Å². The number of H-pyrrole nitrogens is 1. The van der Waals surface area contributed by atoms with Crippen molar-refractivity contribution in [2.75, 3.05) is 13.7 Å². The Labute approximate surface area is 219 Å². The summed E-state index contributed by atoms with van der Waals surface area (Å²) >= 11 is 0.